The first kappa shape index (κ1) is 22.0. The third kappa shape index (κ3) is 3.74. The molecule has 7 heteroatoms. The van der Waals surface area contributed by atoms with Gasteiger partial charge >= 0.3 is 0 Å². The number of aromatic nitrogens is 5. The van der Waals surface area contributed by atoms with Crippen molar-refractivity contribution >= 4 is 16.6 Å². The summed E-state index contributed by atoms with van der Waals surface area (Å²) in [6, 6.07) is 14.9. The van der Waals surface area contributed by atoms with Crippen molar-refractivity contribution in [1.29, 1.82) is 0 Å². The molecule has 2 unspecified atom stereocenters. The zero-order valence-electron chi connectivity index (χ0n) is 20.7. The van der Waals surface area contributed by atoms with Gasteiger partial charge in [0.05, 0.1) is 11.6 Å². The molecule has 0 saturated heterocycles. The van der Waals surface area contributed by atoms with Crippen molar-refractivity contribution in [3.05, 3.63) is 80.9 Å². The molecule has 0 radical (unpaired) electrons. The van der Waals surface area contributed by atoms with Crippen LogP contribution < -0.4 is 10.5 Å². The number of anilines is 1. The number of rotatable bonds is 4. The van der Waals surface area contributed by atoms with Crippen LogP contribution in [0.25, 0.3) is 10.9 Å². The van der Waals surface area contributed by atoms with Gasteiger partial charge in [-0.15, -0.1) is 5.10 Å². The van der Waals surface area contributed by atoms with Gasteiger partial charge in [-0.05, 0) is 85.2 Å². The molecule has 180 valence electrons. The summed E-state index contributed by atoms with van der Waals surface area (Å²) in [6.07, 6.45) is 6.71. The lowest BCUT2D eigenvalue weighted by Gasteiger charge is -2.34. The third-order valence-electron chi connectivity index (χ3n) is 7.84. The zero-order chi connectivity index (χ0) is 24.1. The summed E-state index contributed by atoms with van der Waals surface area (Å²) in [4.78, 5) is 19.3. The quantitative estimate of drug-likeness (QED) is 0.447. The molecule has 1 N–H and O–H groups in total. The highest BCUT2D eigenvalue weighted by atomic mass is 16.1. The van der Waals surface area contributed by atoms with E-state index in [0.717, 1.165) is 47.2 Å². The Labute approximate surface area is 205 Å². The fourth-order valence-electron chi connectivity index (χ4n) is 6.27. The number of benzene rings is 2. The minimum atomic E-state index is -0.375. The van der Waals surface area contributed by atoms with Crippen LogP contribution in [0.3, 0.4) is 0 Å². The highest BCUT2D eigenvalue weighted by Crippen LogP contribution is 2.42. The van der Waals surface area contributed by atoms with Gasteiger partial charge in [-0.1, -0.05) is 49.1 Å². The number of nitrogens with one attached hydrogen (secondary N) is 1. The van der Waals surface area contributed by atoms with Gasteiger partial charge in [-0.3, -0.25) is 4.79 Å². The zero-order valence-corrected chi connectivity index (χ0v) is 20.7. The predicted octanol–water partition coefficient (Wildman–Crippen LogP) is 5.18. The van der Waals surface area contributed by atoms with Gasteiger partial charge in [0.1, 0.15) is 6.04 Å². The molecular formula is C28H32N6O. The van der Waals surface area contributed by atoms with Crippen molar-refractivity contribution in [2.75, 3.05) is 4.90 Å². The maximum absolute atomic E-state index is 13.7. The molecule has 0 amide bonds. The van der Waals surface area contributed by atoms with Crippen molar-refractivity contribution in [1.82, 2.24) is 25.2 Å². The van der Waals surface area contributed by atoms with Crippen LogP contribution >= 0.6 is 0 Å². The lowest BCUT2D eigenvalue weighted by Crippen LogP contribution is -2.39. The topological polar surface area (TPSA) is 79.7 Å². The van der Waals surface area contributed by atoms with E-state index in [9.17, 15) is 4.79 Å². The van der Waals surface area contributed by atoms with Crippen molar-refractivity contribution in [2.24, 2.45) is 0 Å². The summed E-state index contributed by atoms with van der Waals surface area (Å²) >= 11 is 0. The van der Waals surface area contributed by atoms with Crippen molar-refractivity contribution in [3.8, 4) is 0 Å². The molecule has 2 aliphatic rings. The Kier molecular flexibility index (Phi) is 5.43. The maximum atomic E-state index is 13.7. The monoisotopic (exact) mass is 468 g/mol. The fourth-order valence-corrected chi connectivity index (χ4v) is 6.27. The molecule has 2 atom stereocenters. The second-order valence-electron chi connectivity index (χ2n) is 10.4. The number of para-hydroxylation sites is 1. The average Bonchev–Trinajstić information content (AvgIpc) is 3.46. The summed E-state index contributed by atoms with van der Waals surface area (Å²) in [5, 5.41) is 14.2. The first-order valence-corrected chi connectivity index (χ1v) is 12.8. The van der Waals surface area contributed by atoms with Crippen LogP contribution in [0.1, 0.15) is 79.2 Å². The molecule has 7 nitrogen and oxygen atoms in total. The number of hydrogen-bond donors (Lipinski definition) is 1. The van der Waals surface area contributed by atoms with Crippen LogP contribution in [-0.4, -0.2) is 31.2 Å². The second-order valence-corrected chi connectivity index (χ2v) is 10.4. The van der Waals surface area contributed by atoms with E-state index in [1.54, 1.807) is 0 Å². The summed E-state index contributed by atoms with van der Waals surface area (Å²) in [5.74, 6) is 0.759. The van der Waals surface area contributed by atoms with Crippen LogP contribution in [0.15, 0.2) is 47.3 Å². The molecule has 35 heavy (non-hydrogen) atoms. The van der Waals surface area contributed by atoms with E-state index >= 15 is 0 Å². The number of nitrogens with zero attached hydrogens (tertiary/aromatic N) is 5. The van der Waals surface area contributed by atoms with Crippen LogP contribution in [0.5, 0.6) is 0 Å². The molecule has 0 bridgehead atoms. The number of fused-ring (bicyclic) bond motifs is 2. The molecule has 3 heterocycles. The van der Waals surface area contributed by atoms with Gasteiger partial charge in [0.15, 0.2) is 5.82 Å². The Hall–Kier alpha value is -3.48. The Balaban J connectivity index is 1.58. The number of pyridine rings is 1. The van der Waals surface area contributed by atoms with Crippen molar-refractivity contribution in [3.63, 3.8) is 0 Å². The van der Waals surface area contributed by atoms with E-state index in [2.05, 4.69) is 81.7 Å². The smallest absolute Gasteiger partial charge is 0.254 e. The van der Waals surface area contributed by atoms with Crippen LogP contribution in [-0.2, 0) is 6.42 Å². The van der Waals surface area contributed by atoms with E-state index in [4.69, 9.17) is 0 Å². The third-order valence-corrected chi connectivity index (χ3v) is 7.84. The first-order chi connectivity index (χ1) is 17.0. The molecule has 1 aliphatic carbocycles. The minimum absolute atomic E-state index is 0.0794. The van der Waals surface area contributed by atoms with Crippen LogP contribution in [0.2, 0.25) is 0 Å². The van der Waals surface area contributed by atoms with Crippen LogP contribution in [0.4, 0.5) is 5.69 Å². The summed E-state index contributed by atoms with van der Waals surface area (Å²) in [5.41, 5.74) is 6.21. The molecule has 1 saturated carbocycles. The number of hydrogen-bond acceptors (Lipinski definition) is 5. The van der Waals surface area contributed by atoms with Gasteiger partial charge in [-0.25, -0.2) is 4.68 Å². The molecule has 2 aromatic carbocycles. The number of tetrazole rings is 1. The molecule has 1 aliphatic heterocycles. The van der Waals surface area contributed by atoms with Crippen molar-refractivity contribution in [2.45, 2.75) is 77.4 Å². The molecule has 0 spiro atoms. The Bertz CT molecular complexity index is 1450. The lowest BCUT2D eigenvalue weighted by atomic mass is 9.94. The van der Waals surface area contributed by atoms with Gasteiger partial charge in [0, 0.05) is 17.3 Å². The van der Waals surface area contributed by atoms with Crippen LogP contribution in [0, 0.1) is 13.8 Å². The number of aromatic amines is 1. The second kappa shape index (κ2) is 8.63. The maximum Gasteiger partial charge on any atom is 0.254 e. The Morgan fingerprint density at radius 1 is 1.06 bits per heavy atom. The van der Waals surface area contributed by atoms with Gasteiger partial charge in [0.25, 0.3) is 5.56 Å². The Morgan fingerprint density at radius 3 is 2.69 bits per heavy atom. The normalized spacial score (nSPS) is 19.3. The van der Waals surface area contributed by atoms with E-state index in [1.165, 1.54) is 30.4 Å². The number of aryl methyl sites for hydroxylation is 2. The van der Waals surface area contributed by atoms with Gasteiger partial charge < -0.3 is 9.88 Å². The molecular weight excluding hydrogens is 436 g/mol. The van der Waals surface area contributed by atoms with E-state index < -0.39 is 0 Å². The first-order valence-electron chi connectivity index (χ1n) is 12.8. The van der Waals surface area contributed by atoms with Gasteiger partial charge in [0.2, 0.25) is 0 Å². The highest BCUT2D eigenvalue weighted by Gasteiger charge is 2.38. The SMILES string of the molecule is Cc1cc(C)c2[nH]c(=O)c(C(c3nnnn3C3CCCCC3)N3c4ccccc4CC3C)cc2c1. The van der Waals surface area contributed by atoms with Crippen molar-refractivity contribution < 1.29 is 0 Å². The minimum Gasteiger partial charge on any atom is -0.354 e. The molecule has 6 rings (SSSR count). The average molecular weight is 469 g/mol. The highest BCUT2D eigenvalue weighted by molar-refractivity contribution is 5.83. The van der Waals surface area contributed by atoms with E-state index in [0.29, 0.717) is 5.56 Å². The predicted molar refractivity (Wildman–Crippen MR) is 138 cm³/mol. The Morgan fingerprint density at radius 2 is 1.86 bits per heavy atom. The summed E-state index contributed by atoms with van der Waals surface area (Å²) in [6.45, 7) is 6.37. The number of H-pyrrole nitrogens is 1. The molecule has 4 aromatic rings. The lowest BCUT2D eigenvalue weighted by molar-refractivity contribution is 0.312. The molecule has 1 fully saturated rings. The fraction of sp³-hybridized carbons (Fsp3) is 0.429. The summed E-state index contributed by atoms with van der Waals surface area (Å²) in [7, 11) is 0. The summed E-state index contributed by atoms with van der Waals surface area (Å²) < 4.78 is 2.02. The van der Waals surface area contributed by atoms with E-state index in [-0.39, 0.29) is 23.7 Å². The molecule has 2 aromatic heterocycles. The van der Waals surface area contributed by atoms with E-state index in [1.807, 2.05) is 11.6 Å². The standard InChI is InChI=1S/C28H32N6O/c1-17-13-18(2)25-21(14-17)16-23(28(35)29-25)26(33-19(3)15-20-9-7-8-12-24(20)33)27-30-31-32-34(27)22-10-5-4-6-11-22/h7-9,12-14,16,19,22,26H,4-6,10-11,15H2,1-3H3,(H,29,35). The largest absolute Gasteiger partial charge is 0.354 e. The van der Waals surface area contributed by atoms with Gasteiger partial charge in [-0.2, -0.15) is 0 Å².